The van der Waals surface area contributed by atoms with Gasteiger partial charge in [0.05, 0.1) is 4.08 Å². The van der Waals surface area contributed by atoms with Crippen molar-refractivity contribution < 1.29 is 9.84 Å². The summed E-state index contributed by atoms with van der Waals surface area (Å²) < 4.78 is 6.66. The summed E-state index contributed by atoms with van der Waals surface area (Å²) >= 11 is 4.14. The number of unbranched alkanes of at least 4 members (excludes halogenated alkanes) is 3. The summed E-state index contributed by atoms with van der Waals surface area (Å²) in [5.41, 5.74) is 3.55. The highest BCUT2D eigenvalue weighted by Crippen LogP contribution is 2.59. The molecule has 2 aliphatic heterocycles. The monoisotopic (exact) mass is 432 g/mol. The third-order valence-corrected chi connectivity index (χ3v) is 10.7. The van der Waals surface area contributed by atoms with Gasteiger partial charge in [-0.25, -0.2) is 0 Å². The first-order valence-electron chi connectivity index (χ1n) is 11.4. The fraction of sp³-hybridized carbons (Fsp3) is 0.680. The van der Waals surface area contributed by atoms with Gasteiger partial charge in [0.2, 0.25) is 0 Å². The Morgan fingerprint density at radius 2 is 1.90 bits per heavy atom. The van der Waals surface area contributed by atoms with Gasteiger partial charge in [-0.15, -0.1) is 23.5 Å². The number of phenols is 1. The van der Waals surface area contributed by atoms with Gasteiger partial charge >= 0.3 is 0 Å². The summed E-state index contributed by atoms with van der Waals surface area (Å²) in [7, 11) is 0. The van der Waals surface area contributed by atoms with Gasteiger partial charge in [-0.05, 0) is 57.7 Å². The lowest BCUT2D eigenvalue weighted by Crippen LogP contribution is -2.45. The van der Waals surface area contributed by atoms with Gasteiger partial charge in [0.15, 0.2) is 0 Å². The van der Waals surface area contributed by atoms with Gasteiger partial charge in [-0.2, -0.15) is 0 Å². The Labute approximate surface area is 185 Å². The lowest BCUT2D eigenvalue weighted by atomic mass is 9.67. The molecule has 1 aromatic carbocycles. The van der Waals surface area contributed by atoms with E-state index in [0.717, 1.165) is 24.2 Å². The Bertz CT molecular complexity index is 777. The molecule has 1 unspecified atom stereocenters. The summed E-state index contributed by atoms with van der Waals surface area (Å²) in [4.78, 5) is 0. The predicted molar refractivity (Wildman–Crippen MR) is 127 cm³/mol. The number of hydrogen-bond acceptors (Lipinski definition) is 4. The quantitative estimate of drug-likeness (QED) is 0.370. The van der Waals surface area contributed by atoms with Crippen molar-refractivity contribution in [2.75, 3.05) is 11.5 Å². The van der Waals surface area contributed by atoms with E-state index in [1.54, 1.807) is 0 Å². The molecule has 0 aromatic heterocycles. The number of thioether (sulfide) groups is 2. The van der Waals surface area contributed by atoms with Gasteiger partial charge in [-0.1, -0.05) is 44.3 Å². The van der Waals surface area contributed by atoms with Gasteiger partial charge in [-0.3, -0.25) is 0 Å². The van der Waals surface area contributed by atoms with Crippen molar-refractivity contribution in [2.45, 2.75) is 88.2 Å². The van der Waals surface area contributed by atoms with E-state index in [4.69, 9.17) is 4.74 Å². The minimum Gasteiger partial charge on any atom is -0.508 e. The second-order valence-electron chi connectivity index (χ2n) is 9.58. The van der Waals surface area contributed by atoms with Crippen LogP contribution in [0.1, 0.15) is 89.7 Å². The van der Waals surface area contributed by atoms with Crippen molar-refractivity contribution in [3.8, 4) is 11.5 Å². The van der Waals surface area contributed by atoms with Crippen LogP contribution in [0.25, 0.3) is 0 Å². The van der Waals surface area contributed by atoms with Crippen LogP contribution in [-0.2, 0) is 4.08 Å². The van der Waals surface area contributed by atoms with Crippen LogP contribution >= 0.6 is 23.5 Å². The highest BCUT2D eigenvalue weighted by atomic mass is 32.2. The smallest absolute Gasteiger partial charge is 0.127 e. The highest BCUT2D eigenvalue weighted by Gasteiger charge is 2.47. The minimum absolute atomic E-state index is 0.0764. The first-order chi connectivity index (χ1) is 13.9. The molecule has 0 amide bonds. The molecule has 2 atom stereocenters. The molecule has 4 heteroatoms. The maximum Gasteiger partial charge on any atom is 0.127 e. The van der Waals surface area contributed by atoms with Crippen LogP contribution in [-0.4, -0.2) is 22.2 Å². The van der Waals surface area contributed by atoms with E-state index in [0.29, 0.717) is 17.6 Å². The number of phenolic OH excluding ortho intramolecular Hbond substituents is 1. The Hall–Kier alpha value is -0.740. The SMILES string of the molecule is CCCCCCC1(c2cc(O)c3c(c2)OC(C)(C)C2CC=C(C)C[C@@H]32)SCCS1. The van der Waals surface area contributed by atoms with Gasteiger partial charge in [0.1, 0.15) is 17.1 Å². The molecule has 0 radical (unpaired) electrons. The van der Waals surface area contributed by atoms with Crippen LogP contribution in [0.4, 0.5) is 0 Å². The molecule has 1 fully saturated rings. The lowest BCUT2D eigenvalue weighted by molar-refractivity contribution is 0.00751. The standard InChI is InChI=1S/C25H36O2S2/c1-5-6-7-8-11-25(28-12-13-29-25)18-15-21(26)23-19-14-17(2)9-10-20(19)24(3,4)27-22(23)16-18/h9,15-16,19-20,26H,5-8,10-14H2,1-4H3/t19-,20?/m1/s1. The summed E-state index contributed by atoms with van der Waals surface area (Å²) in [6.07, 6.45) is 10.8. The summed E-state index contributed by atoms with van der Waals surface area (Å²) in [6.45, 7) is 8.95. The third kappa shape index (κ3) is 4.08. The first-order valence-corrected chi connectivity index (χ1v) is 13.3. The number of aromatic hydroxyl groups is 1. The van der Waals surface area contributed by atoms with Crippen molar-refractivity contribution in [1.82, 2.24) is 0 Å². The second kappa shape index (κ2) is 8.42. The van der Waals surface area contributed by atoms with E-state index in [-0.39, 0.29) is 9.68 Å². The number of ether oxygens (including phenoxy) is 1. The fourth-order valence-corrected chi connectivity index (χ4v) is 8.78. The number of benzene rings is 1. The molecule has 4 rings (SSSR count). The number of rotatable bonds is 6. The molecule has 1 aliphatic carbocycles. The minimum atomic E-state index is -0.204. The van der Waals surface area contributed by atoms with Crippen LogP contribution < -0.4 is 4.74 Å². The zero-order chi connectivity index (χ0) is 20.6. The Morgan fingerprint density at radius 3 is 2.62 bits per heavy atom. The number of allylic oxidation sites excluding steroid dienone is 2. The average molecular weight is 433 g/mol. The Balaban J connectivity index is 1.70. The molecular formula is C25H36O2S2. The molecule has 2 nitrogen and oxygen atoms in total. The molecule has 1 saturated heterocycles. The van der Waals surface area contributed by atoms with E-state index < -0.39 is 0 Å². The van der Waals surface area contributed by atoms with Gasteiger partial charge < -0.3 is 9.84 Å². The van der Waals surface area contributed by atoms with Crippen LogP contribution in [0.5, 0.6) is 11.5 Å². The topological polar surface area (TPSA) is 29.5 Å². The van der Waals surface area contributed by atoms with Gasteiger partial charge in [0.25, 0.3) is 0 Å². The summed E-state index contributed by atoms with van der Waals surface area (Å²) in [5.74, 6) is 4.56. The second-order valence-corrected chi connectivity index (χ2v) is 12.6. The molecule has 0 saturated carbocycles. The number of hydrogen-bond donors (Lipinski definition) is 1. The fourth-order valence-electron chi connectivity index (χ4n) is 5.48. The lowest BCUT2D eigenvalue weighted by Gasteiger charge is -2.47. The zero-order valence-corrected chi connectivity index (χ0v) is 20.1. The zero-order valence-electron chi connectivity index (χ0n) is 18.4. The van der Waals surface area contributed by atoms with Crippen molar-refractivity contribution in [3.05, 3.63) is 34.9 Å². The van der Waals surface area contributed by atoms with Gasteiger partial charge in [0, 0.05) is 28.9 Å². The molecule has 29 heavy (non-hydrogen) atoms. The predicted octanol–water partition coefficient (Wildman–Crippen LogP) is 7.61. The molecule has 0 bridgehead atoms. The van der Waals surface area contributed by atoms with E-state index in [1.807, 2.05) is 0 Å². The van der Waals surface area contributed by atoms with E-state index in [2.05, 4.69) is 69.4 Å². The van der Waals surface area contributed by atoms with Crippen molar-refractivity contribution in [1.29, 1.82) is 0 Å². The van der Waals surface area contributed by atoms with Crippen molar-refractivity contribution in [3.63, 3.8) is 0 Å². The first kappa shape index (κ1) is 21.5. The molecule has 2 heterocycles. The molecular weight excluding hydrogens is 396 g/mol. The molecule has 160 valence electrons. The molecule has 1 N–H and O–H groups in total. The van der Waals surface area contributed by atoms with Crippen LogP contribution in [0.3, 0.4) is 0 Å². The van der Waals surface area contributed by atoms with Crippen molar-refractivity contribution >= 4 is 23.5 Å². The number of fused-ring (bicyclic) bond motifs is 3. The highest BCUT2D eigenvalue weighted by molar-refractivity contribution is 8.20. The Kier molecular flexibility index (Phi) is 6.24. The third-order valence-electron chi connectivity index (χ3n) is 7.06. The van der Waals surface area contributed by atoms with E-state index in [1.165, 1.54) is 54.7 Å². The normalized spacial score (nSPS) is 27.0. The summed E-state index contributed by atoms with van der Waals surface area (Å²) in [6, 6.07) is 4.36. The summed E-state index contributed by atoms with van der Waals surface area (Å²) in [5, 5.41) is 11.2. The maximum absolute atomic E-state index is 11.2. The maximum atomic E-state index is 11.2. The average Bonchev–Trinajstić information content (AvgIpc) is 3.14. The van der Waals surface area contributed by atoms with Crippen LogP contribution in [0.15, 0.2) is 23.8 Å². The Morgan fingerprint density at radius 1 is 1.14 bits per heavy atom. The largest absolute Gasteiger partial charge is 0.508 e. The molecule has 1 aromatic rings. The molecule has 3 aliphatic rings. The van der Waals surface area contributed by atoms with E-state index >= 15 is 0 Å². The van der Waals surface area contributed by atoms with Crippen LogP contribution in [0, 0.1) is 5.92 Å². The molecule has 0 spiro atoms. The van der Waals surface area contributed by atoms with Crippen LogP contribution in [0.2, 0.25) is 0 Å². The van der Waals surface area contributed by atoms with E-state index in [9.17, 15) is 5.11 Å². The van der Waals surface area contributed by atoms with Crippen molar-refractivity contribution in [2.24, 2.45) is 5.92 Å².